The Morgan fingerprint density at radius 3 is 2.41 bits per heavy atom. The molecule has 3 aromatic carbocycles. The SMILES string of the molecule is CCN(CC)CCOC(=O)c1ccc(NC(=O)[C@@H]2N[C@@H](CC(C)(C)C)[C@](C#N)(c3ccc(Cl)cc3F)[C@H]2c2cccc(Cl)c2F)c(OC)c1. The molecule has 4 rings (SSSR count). The van der Waals surface area contributed by atoms with Crippen LogP contribution in [-0.2, 0) is 14.9 Å². The largest absolute Gasteiger partial charge is 0.495 e. The van der Waals surface area contributed by atoms with E-state index in [1.54, 1.807) is 0 Å². The number of nitrogens with one attached hydrogen (secondary N) is 2. The number of halogens is 4. The zero-order valence-electron chi connectivity index (χ0n) is 28.5. The second-order valence-corrected chi connectivity index (χ2v) is 14.1. The molecule has 1 aliphatic rings. The van der Waals surface area contributed by atoms with Gasteiger partial charge in [0.25, 0.3) is 0 Å². The summed E-state index contributed by atoms with van der Waals surface area (Å²) in [5.41, 5.74) is -1.79. The molecule has 0 spiro atoms. The molecular weight excluding hydrogens is 673 g/mol. The van der Waals surface area contributed by atoms with Crippen LogP contribution in [0.4, 0.5) is 14.5 Å². The summed E-state index contributed by atoms with van der Waals surface area (Å²) in [6.45, 7) is 12.4. The summed E-state index contributed by atoms with van der Waals surface area (Å²) in [7, 11) is 1.39. The van der Waals surface area contributed by atoms with E-state index in [-0.39, 0.29) is 44.8 Å². The van der Waals surface area contributed by atoms with Crippen molar-refractivity contribution >= 4 is 40.8 Å². The van der Waals surface area contributed by atoms with Crippen molar-refractivity contribution in [2.24, 2.45) is 5.41 Å². The third-order valence-corrected chi connectivity index (χ3v) is 9.49. The van der Waals surface area contributed by atoms with Gasteiger partial charge in [0.05, 0.1) is 35.5 Å². The average Bonchev–Trinajstić information content (AvgIpc) is 3.37. The Labute approximate surface area is 296 Å². The predicted molar refractivity (Wildman–Crippen MR) is 187 cm³/mol. The second kappa shape index (κ2) is 15.9. The zero-order valence-corrected chi connectivity index (χ0v) is 30.0. The number of benzene rings is 3. The van der Waals surface area contributed by atoms with Gasteiger partial charge in [-0.1, -0.05) is 76.0 Å². The van der Waals surface area contributed by atoms with Gasteiger partial charge in [-0.15, -0.1) is 0 Å². The lowest BCUT2D eigenvalue weighted by atomic mass is 9.62. The standard InChI is InChI=1S/C37H42Cl2F2N4O4/c1-7-45(8-2)16-17-49-35(47)22-12-15-28(29(18-22)48-6)43-34(46)33-31(24-10-9-11-26(39)32(24)41)37(21-42,30(44-33)20-36(3,4)5)25-14-13-23(38)19-27(25)40/h9-15,18-19,30-31,33,44H,7-8,16-17,20H2,1-6H3,(H,43,46)/t30-,31-,33+,37-/m0/s1. The molecule has 12 heteroatoms. The Kier molecular flexibility index (Phi) is 12.3. The lowest BCUT2D eigenvalue weighted by Crippen LogP contribution is -2.45. The van der Waals surface area contributed by atoms with Crippen LogP contribution < -0.4 is 15.4 Å². The molecule has 3 aromatic rings. The first-order chi connectivity index (χ1) is 23.2. The maximum absolute atomic E-state index is 16.0. The number of carbonyl (C=O) groups is 2. The molecule has 1 fully saturated rings. The Morgan fingerprint density at radius 2 is 1.80 bits per heavy atom. The highest BCUT2D eigenvalue weighted by molar-refractivity contribution is 6.31. The second-order valence-electron chi connectivity index (χ2n) is 13.3. The molecule has 4 atom stereocenters. The summed E-state index contributed by atoms with van der Waals surface area (Å²) < 4.78 is 42.8. The number of rotatable bonds is 12. The van der Waals surface area contributed by atoms with Gasteiger partial charge in [0.2, 0.25) is 5.91 Å². The summed E-state index contributed by atoms with van der Waals surface area (Å²) in [6, 6.07) is 13.0. The van der Waals surface area contributed by atoms with Crippen molar-refractivity contribution in [1.82, 2.24) is 10.2 Å². The van der Waals surface area contributed by atoms with Gasteiger partial charge in [0, 0.05) is 29.1 Å². The molecule has 0 saturated carbocycles. The van der Waals surface area contributed by atoms with Gasteiger partial charge in [-0.3, -0.25) is 4.79 Å². The van der Waals surface area contributed by atoms with E-state index in [0.717, 1.165) is 19.2 Å². The minimum atomic E-state index is -1.78. The van der Waals surface area contributed by atoms with Gasteiger partial charge in [0.1, 0.15) is 29.4 Å². The number of anilines is 1. The molecule has 0 bridgehead atoms. The molecule has 1 amide bonds. The first kappa shape index (κ1) is 38.1. The number of hydrogen-bond acceptors (Lipinski definition) is 7. The molecule has 0 unspecified atom stereocenters. The molecule has 0 aromatic heterocycles. The third kappa shape index (κ3) is 8.18. The number of amides is 1. The van der Waals surface area contributed by atoms with Crippen molar-refractivity contribution in [3.8, 4) is 11.8 Å². The summed E-state index contributed by atoms with van der Waals surface area (Å²) in [5, 5.41) is 17.1. The van der Waals surface area contributed by atoms with E-state index in [9.17, 15) is 14.9 Å². The van der Waals surface area contributed by atoms with E-state index in [1.807, 2.05) is 34.6 Å². The molecular formula is C37H42Cl2F2N4O4. The van der Waals surface area contributed by atoms with Crippen molar-refractivity contribution in [1.29, 1.82) is 5.26 Å². The van der Waals surface area contributed by atoms with Crippen molar-refractivity contribution in [2.45, 2.75) is 64.5 Å². The molecule has 1 heterocycles. The number of hydrogen-bond donors (Lipinski definition) is 2. The lowest BCUT2D eigenvalue weighted by Gasteiger charge is -2.37. The third-order valence-electron chi connectivity index (χ3n) is 8.96. The van der Waals surface area contributed by atoms with Gasteiger partial charge in [-0.25, -0.2) is 13.6 Å². The van der Waals surface area contributed by atoms with Crippen LogP contribution in [0.3, 0.4) is 0 Å². The Hall–Kier alpha value is -3.75. The van der Waals surface area contributed by atoms with Crippen LogP contribution in [0.15, 0.2) is 54.6 Å². The van der Waals surface area contributed by atoms with Crippen LogP contribution in [0.2, 0.25) is 10.0 Å². The maximum Gasteiger partial charge on any atom is 0.338 e. The van der Waals surface area contributed by atoms with Crippen LogP contribution in [0, 0.1) is 28.4 Å². The van der Waals surface area contributed by atoms with Gasteiger partial charge < -0.3 is 25.0 Å². The van der Waals surface area contributed by atoms with E-state index in [0.29, 0.717) is 13.0 Å². The van der Waals surface area contributed by atoms with Crippen LogP contribution in [0.1, 0.15) is 68.4 Å². The number of methoxy groups -OCH3 is 1. The number of ether oxygens (including phenoxy) is 2. The number of carbonyl (C=O) groups excluding carboxylic acids is 2. The molecule has 49 heavy (non-hydrogen) atoms. The fourth-order valence-electron chi connectivity index (χ4n) is 6.58. The van der Waals surface area contributed by atoms with Crippen LogP contribution in [-0.4, -0.2) is 62.2 Å². The predicted octanol–water partition coefficient (Wildman–Crippen LogP) is 7.74. The van der Waals surface area contributed by atoms with Gasteiger partial charge in [-0.05, 0) is 66.9 Å². The smallest absolute Gasteiger partial charge is 0.338 e. The quantitative estimate of drug-likeness (QED) is 0.185. The molecule has 1 saturated heterocycles. The average molecular weight is 716 g/mol. The lowest BCUT2D eigenvalue weighted by molar-refractivity contribution is -0.118. The van der Waals surface area contributed by atoms with Gasteiger partial charge >= 0.3 is 5.97 Å². The molecule has 2 N–H and O–H groups in total. The maximum atomic E-state index is 16.0. The van der Waals surface area contributed by atoms with Crippen LogP contribution in [0.5, 0.6) is 5.75 Å². The van der Waals surface area contributed by atoms with Crippen LogP contribution >= 0.6 is 23.2 Å². The van der Waals surface area contributed by atoms with Crippen molar-refractivity contribution in [3.05, 3.63) is 93.0 Å². The number of esters is 1. The van der Waals surface area contributed by atoms with E-state index in [4.69, 9.17) is 32.7 Å². The van der Waals surface area contributed by atoms with Crippen molar-refractivity contribution < 1.29 is 27.8 Å². The number of nitriles is 1. The molecule has 1 aliphatic heterocycles. The van der Waals surface area contributed by atoms with E-state index >= 15 is 8.78 Å². The normalized spacial score (nSPS) is 20.6. The first-order valence-corrected chi connectivity index (χ1v) is 16.9. The molecule has 262 valence electrons. The monoisotopic (exact) mass is 714 g/mol. The highest BCUT2D eigenvalue weighted by Gasteiger charge is 2.61. The van der Waals surface area contributed by atoms with Gasteiger partial charge in [0.15, 0.2) is 0 Å². The van der Waals surface area contributed by atoms with Crippen molar-refractivity contribution in [3.63, 3.8) is 0 Å². The van der Waals surface area contributed by atoms with Crippen molar-refractivity contribution in [2.75, 3.05) is 38.7 Å². The van der Waals surface area contributed by atoms with Gasteiger partial charge in [-0.2, -0.15) is 5.26 Å². The molecule has 8 nitrogen and oxygen atoms in total. The zero-order chi connectivity index (χ0) is 36.1. The van der Waals surface area contributed by atoms with E-state index in [2.05, 4.69) is 21.6 Å². The van der Waals surface area contributed by atoms with Crippen LogP contribution in [0.25, 0.3) is 0 Å². The highest BCUT2D eigenvalue weighted by Crippen LogP contribution is 2.53. The summed E-state index contributed by atoms with van der Waals surface area (Å²) in [6.07, 6.45) is 0.319. The Morgan fingerprint density at radius 1 is 1.08 bits per heavy atom. The number of likely N-dealkylation sites (N-methyl/N-ethyl adjacent to an activating group) is 1. The number of nitrogens with zero attached hydrogens (tertiary/aromatic N) is 2. The Bertz CT molecular complexity index is 1720. The Balaban J connectivity index is 1.77. The highest BCUT2D eigenvalue weighted by atomic mass is 35.5. The summed E-state index contributed by atoms with van der Waals surface area (Å²) >= 11 is 12.4. The molecule has 0 aliphatic carbocycles. The minimum Gasteiger partial charge on any atom is -0.495 e. The first-order valence-electron chi connectivity index (χ1n) is 16.2. The van der Waals surface area contributed by atoms with E-state index in [1.165, 1.54) is 55.6 Å². The van der Waals surface area contributed by atoms with E-state index < -0.39 is 52.3 Å². The molecule has 0 radical (unpaired) electrons. The minimum absolute atomic E-state index is 0.0257. The fourth-order valence-corrected chi connectivity index (χ4v) is 6.92. The topological polar surface area (TPSA) is 104 Å². The fraction of sp³-hybridized carbons (Fsp3) is 0.432. The summed E-state index contributed by atoms with van der Waals surface area (Å²) in [5.74, 6) is -3.83. The summed E-state index contributed by atoms with van der Waals surface area (Å²) in [4.78, 5) is 29.3.